The molecular formula is C11H15Cl3OSi. The van der Waals surface area contributed by atoms with E-state index in [9.17, 15) is 0 Å². The average Bonchev–Trinajstić information content (AvgIpc) is 2.18. The molecule has 0 aliphatic rings. The van der Waals surface area contributed by atoms with Crippen molar-refractivity contribution in [2.45, 2.75) is 32.9 Å². The minimum atomic E-state index is -2.82. The maximum absolute atomic E-state index is 5.99. The molecule has 1 aromatic carbocycles. The summed E-state index contributed by atoms with van der Waals surface area (Å²) in [6.07, 6.45) is 0.704. The van der Waals surface area contributed by atoms with Gasteiger partial charge in [0.05, 0.1) is 0 Å². The van der Waals surface area contributed by atoms with E-state index in [-0.39, 0.29) is 5.73 Å². The number of ether oxygens (including phenoxy) is 1. The number of rotatable bonds is 4. The Kier molecular flexibility index (Phi) is 4.99. The molecule has 0 saturated carbocycles. The summed E-state index contributed by atoms with van der Waals surface area (Å²) in [5, 5.41) is 0. The second-order valence-electron chi connectivity index (χ2n) is 3.75. The Morgan fingerprint density at radius 1 is 1.25 bits per heavy atom. The molecule has 0 bridgehead atoms. The van der Waals surface area contributed by atoms with Crippen LogP contribution in [-0.4, -0.2) is 11.7 Å². The third-order valence-electron chi connectivity index (χ3n) is 2.56. The van der Waals surface area contributed by atoms with E-state index < -0.39 is 6.00 Å². The van der Waals surface area contributed by atoms with Crippen LogP contribution in [0.1, 0.15) is 24.5 Å². The lowest BCUT2D eigenvalue weighted by molar-refractivity contribution is 0.270. The Morgan fingerprint density at radius 3 is 2.38 bits per heavy atom. The van der Waals surface area contributed by atoms with Crippen LogP contribution in [0.3, 0.4) is 0 Å². The van der Waals surface area contributed by atoms with E-state index in [0.717, 1.165) is 11.3 Å². The minimum Gasteiger partial charge on any atom is -0.489 e. The molecule has 5 heteroatoms. The van der Waals surface area contributed by atoms with E-state index in [0.29, 0.717) is 6.42 Å². The monoisotopic (exact) mass is 296 g/mol. The number of aryl methyl sites for hydroxylation is 1. The SMILES string of the molecule is CCC(Oc1cccc(C)c1C)[Si](Cl)(Cl)Cl. The summed E-state index contributed by atoms with van der Waals surface area (Å²) in [6, 6.07) is 3.08. The van der Waals surface area contributed by atoms with E-state index >= 15 is 0 Å². The van der Waals surface area contributed by atoms with Crippen molar-refractivity contribution in [3.8, 4) is 5.75 Å². The Labute approximate surface area is 112 Å². The van der Waals surface area contributed by atoms with Crippen LogP contribution in [0.5, 0.6) is 5.75 Å². The first-order chi connectivity index (χ1) is 7.36. The van der Waals surface area contributed by atoms with E-state index in [1.54, 1.807) is 0 Å². The molecule has 1 unspecified atom stereocenters. The topological polar surface area (TPSA) is 9.23 Å². The molecule has 0 spiro atoms. The molecule has 0 aliphatic carbocycles. The Balaban J connectivity index is 2.91. The number of benzene rings is 1. The van der Waals surface area contributed by atoms with Crippen molar-refractivity contribution in [2.24, 2.45) is 0 Å². The zero-order valence-corrected chi connectivity index (χ0v) is 12.8. The molecule has 1 nitrogen and oxygen atoms in total. The van der Waals surface area contributed by atoms with Gasteiger partial charge in [0.1, 0.15) is 11.5 Å². The van der Waals surface area contributed by atoms with Gasteiger partial charge >= 0.3 is 6.00 Å². The summed E-state index contributed by atoms with van der Waals surface area (Å²) in [5.74, 6) is 0.811. The zero-order valence-electron chi connectivity index (χ0n) is 9.56. The van der Waals surface area contributed by atoms with Gasteiger partial charge in [0.2, 0.25) is 0 Å². The Morgan fingerprint density at radius 2 is 1.88 bits per heavy atom. The predicted molar refractivity (Wildman–Crippen MR) is 73.9 cm³/mol. The van der Waals surface area contributed by atoms with Gasteiger partial charge < -0.3 is 4.74 Å². The number of hydrogen-bond donors (Lipinski definition) is 0. The first-order valence-corrected chi connectivity index (χ1v) is 10.3. The lowest BCUT2D eigenvalue weighted by Crippen LogP contribution is -2.36. The molecule has 0 amide bonds. The largest absolute Gasteiger partial charge is 0.489 e. The molecular weight excluding hydrogens is 283 g/mol. The predicted octanol–water partition coefficient (Wildman–Crippen LogP) is 4.66. The first kappa shape index (κ1) is 14.2. The normalized spacial score (nSPS) is 13.6. The van der Waals surface area contributed by atoms with Crippen LogP contribution in [0.4, 0.5) is 0 Å². The molecule has 0 heterocycles. The van der Waals surface area contributed by atoms with Gasteiger partial charge in [0.15, 0.2) is 0 Å². The maximum atomic E-state index is 5.99. The summed E-state index contributed by atoms with van der Waals surface area (Å²) < 4.78 is 5.81. The summed E-state index contributed by atoms with van der Waals surface area (Å²) in [4.78, 5) is 0. The van der Waals surface area contributed by atoms with Crippen molar-refractivity contribution >= 4 is 39.2 Å². The van der Waals surface area contributed by atoms with Crippen LogP contribution in [0, 0.1) is 13.8 Å². The quantitative estimate of drug-likeness (QED) is 0.580. The molecule has 1 atom stereocenters. The fourth-order valence-corrected chi connectivity index (χ4v) is 3.90. The van der Waals surface area contributed by atoms with E-state index in [1.807, 2.05) is 39.0 Å². The van der Waals surface area contributed by atoms with Crippen molar-refractivity contribution in [3.63, 3.8) is 0 Å². The molecule has 90 valence electrons. The van der Waals surface area contributed by atoms with Crippen molar-refractivity contribution in [1.82, 2.24) is 0 Å². The minimum absolute atomic E-state index is 0.294. The van der Waals surface area contributed by atoms with Gasteiger partial charge in [-0.2, -0.15) is 0 Å². The van der Waals surface area contributed by atoms with Crippen LogP contribution < -0.4 is 4.74 Å². The average molecular weight is 298 g/mol. The summed E-state index contributed by atoms with van der Waals surface area (Å²) in [5.41, 5.74) is 1.99. The maximum Gasteiger partial charge on any atom is 0.381 e. The van der Waals surface area contributed by atoms with E-state index in [2.05, 4.69) is 0 Å². The standard InChI is InChI=1S/C11H15Cl3OSi/c1-4-11(16(12,13)14)15-10-7-5-6-8(2)9(10)3/h5-7,11H,4H2,1-3H3. The van der Waals surface area contributed by atoms with Gasteiger partial charge in [-0.1, -0.05) is 19.1 Å². The van der Waals surface area contributed by atoms with Crippen molar-refractivity contribution in [3.05, 3.63) is 29.3 Å². The first-order valence-electron chi connectivity index (χ1n) is 5.15. The number of hydrogen-bond acceptors (Lipinski definition) is 1. The zero-order chi connectivity index (χ0) is 12.3. The Bertz CT molecular complexity index is 363. The highest BCUT2D eigenvalue weighted by atomic mass is 35.8. The molecule has 0 N–H and O–H groups in total. The summed E-state index contributed by atoms with van der Waals surface area (Å²) >= 11 is 18.0. The van der Waals surface area contributed by atoms with Crippen molar-refractivity contribution in [1.29, 1.82) is 0 Å². The molecule has 0 aliphatic heterocycles. The van der Waals surface area contributed by atoms with Crippen LogP contribution in [0.25, 0.3) is 0 Å². The van der Waals surface area contributed by atoms with Gasteiger partial charge in [-0.3, -0.25) is 0 Å². The van der Waals surface area contributed by atoms with Gasteiger partial charge in [0, 0.05) is 0 Å². The highest BCUT2D eigenvalue weighted by molar-refractivity contribution is 7.65. The van der Waals surface area contributed by atoms with Gasteiger partial charge in [0.25, 0.3) is 0 Å². The molecule has 0 saturated heterocycles. The molecule has 0 aromatic heterocycles. The molecule has 1 aromatic rings. The second-order valence-corrected chi connectivity index (χ2v) is 12.6. The second kappa shape index (κ2) is 5.63. The Hall–Kier alpha value is 0.107. The third-order valence-corrected chi connectivity index (χ3v) is 6.01. The summed E-state index contributed by atoms with van der Waals surface area (Å²) in [7, 11) is 0. The van der Waals surface area contributed by atoms with Crippen LogP contribution >= 0.6 is 33.2 Å². The van der Waals surface area contributed by atoms with Crippen molar-refractivity contribution in [2.75, 3.05) is 0 Å². The van der Waals surface area contributed by atoms with Gasteiger partial charge in [-0.15, -0.1) is 33.2 Å². The fourth-order valence-electron chi connectivity index (χ4n) is 1.39. The lowest BCUT2D eigenvalue weighted by Gasteiger charge is -2.23. The van der Waals surface area contributed by atoms with Crippen LogP contribution in [0.2, 0.25) is 0 Å². The molecule has 16 heavy (non-hydrogen) atoms. The third kappa shape index (κ3) is 3.56. The molecule has 0 fully saturated rings. The molecule has 1 rings (SSSR count). The highest BCUT2D eigenvalue weighted by Gasteiger charge is 2.38. The van der Waals surface area contributed by atoms with Crippen LogP contribution in [0.15, 0.2) is 18.2 Å². The van der Waals surface area contributed by atoms with E-state index in [4.69, 9.17) is 38.0 Å². The smallest absolute Gasteiger partial charge is 0.381 e. The number of halogens is 3. The van der Waals surface area contributed by atoms with E-state index in [1.165, 1.54) is 5.56 Å². The summed E-state index contributed by atoms with van der Waals surface area (Å²) in [6.45, 7) is 6.01. The fraction of sp³-hybridized carbons (Fsp3) is 0.455. The highest BCUT2D eigenvalue weighted by Crippen LogP contribution is 2.31. The van der Waals surface area contributed by atoms with Crippen molar-refractivity contribution < 1.29 is 4.74 Å². The van der Waals surface area contributed by atoms with Crippen LogP contribution in [-0.2, 0) is 0 Å². The molecule has 0 radical (unpaired) electrons. The van der Waals surface area contributed by atoms with Gasteiger partial charge in [-0.05, 0) is 37.5 Å². The van der Waals surface area contributed by atoms with Gasteiger partial charge in [-0.25, -0.2) is 0 Å². The lowest BCUT2D eigenvalue weighted by atomic mass is 10.1.